The quantitative estimate of drug-likeness (QED) is 0.883. The third-order valence-electron chi connectivity index (χ3n) is 5.56. The highest BCUT2D eigenvalue weighted by Gasteiger charge is 2.26. The van der Waals surface area contributed by atoms with Gasteiger partial charge in [-0.1, -0.05) is 30.3 Å². The molecule has 0 unspecified atom stereocenters. The van der Waals surface area contributed by atoms with Gasteiger partial charge in [-0.3, -0.25) is 14.6 Å². The van der Waals surface area contributed by atoms with Crippen LogP contribution in [0.3, 0.4) is 0 Å². The maximum Gasteiger partial charge on any atom is 0.236 e. The zero-order valence-electron chi connectivity index (χ0n) is 15.3. The van der Waals surface area contributed by atoms with Crippen molar-refractivity contribution in [3.63, 3.8) is 0 Å². The van der Waals surface area contributed by atoms with Gasteiger partial charge in [-0.15, -0.1) is 0 Å². The average molecular weight is 345 g/mol. The van der Waals surface area contributed by atoms with Gasteiger partial charge in [-0.05, 0) is 31.7 Å². The Bertz CT molecular complexity index is 543. The smallest absolute Gasteiger partial charge is 0.236 e. The van der Waals surface area contributed by atoms with Crippen molar-refractivity contribution in [2.45, 2.75) is 38.3 Å². The molecule has 0 saturated carbocycles. The molecule has 2 atom stereocenters. The molecule has 2 aliphatic heterocycles. The summed E-state index contributed by atoms with van der Waals surface area (Å²) in [6.45, 7) is 7.90. The summed E-state index contributed by atoms with van der Waals surface area (Å²) in [5.41, 5.74) is 0.971. The van der Waals surface area contributed by atoms with Gasteiger partial charge in [0.2, 0.25) is 5.91 Å². The van der Waals surface area contributed by atoms with Crippen LogP contribution in [0, 0.1) is 0 Å². The van der Waals surface area contributed by atoms with Crippen molar-refractivity contribution in [1.29, 1.82) is 0 Å². The Hall–Kier alpha value is -1.43. The lowest BCUT2D eigenvalue weighted by Gasteiger charge is -2.38. The number of carbonyl (C=O) groups excluding carboxylic acids is 1. The van der Waals surface area contributed by atoms with Crippen LogP contribution in [0.1, 0.15) is 37.9 Å². The number of rotatable bonds is 5. The largest absolute Gasteiger partial charge is 0.387 e. The number of nitrogens with zero attached hydrogens (tertiary/aromatic N) is 3. The van der Waals surface area contributed by atoms with E-state index in [0.717, 1.165) is 51.1 Å². The molecule has 1 amide bonds. The Kier molecular flexibility index (Phi) is 6.45. The molecule has 0 aromatic heterocycles. The predicted molar refractivity (Wildman–Crippen MR) is 99.3 cm³/mol. The Labute approximate surface area is 151 Å². The molecule has 1 N–H and O–H groups in total. The molecule has 5 heteroatoms. The summed E-state index contributed by atoms with van der Waals surface area (Å²) in [7, 11) is 0. The van der Waals surface area contributed by atoms with Crippen molar-refractivity contribution in [3.8, 4) is 0 Å². The maximum atomic E-state index is 12.6. The molecule has 0 spiro atoms. The van der Waals surface area contributed by atoms with Gasteiger partial charge in [0.15, 0.2) is 0 Å². The lowest BCUT2D eigenvalue weighted by atomic mass is 10.0. The summed E-state index contributed by atoms with van der Waals surface area (Å²) in [6.07, 6.45) is 3.08. The van der Waals surface area contributed by atoms with E-state index in [1.807, 2.05) is 30.3 Å². The van der Waals surface area contributed by atoms with Gasteiger partial charge in [-0.25, -0.2) is 0 Å². The van der Waals surface area contributed by atoms with E-state index in [-0.39, 0.29) is 5.91 Å². The molecule has 0 bridgehead atoms. The molecule has 0 aliphatic carbocycles. The molecular formula is C20H31N3O2. The van der Waals surface area contributed by atoms with Crippen molar-refractivity contribution in [2.75, 3.05) is 45.8 Å². The Morgan fingerprint density at radius 3 is 2.44 bits per heavy atom. The first-order chi connectivity index (χ1) is 12.1. The third-order valence-corrected chi connectivity index (χ3v) is 5.56. The zero-order valence-corrected chi connectivity index (χ0v) is 15.3. The van der Waals surface area contributed by atoms with Gasteiger partial charge in [0.1, 0.15) is 0 Å². The molecule has 25 heavy (non-hydrogen) atoms. The highest BCUT2D eigenvalue weighted by molar-refractivity contribution is 5.78. The normalized spacial score (nSPS) is 24.2. The number of hydrogen-bond acceptors (Lipinski definition) is 4. The van der Waals surface area contributed by atoms with E-state index in [9.17, 15) is 9.90 Å². The first kappa shape index (κ1) is 18.4. The van der Waals surface area contributed by atoms with Crippen molar-refractivity contribution in [1.82, 2.24) is 14.7 Å². The summed E-state index contributed by atoms with van der Waals surface area (Å²) in [6, 6.07) is 10.2. The molecule has 138 valence electrons. The lowest BCUT2D eigenvalue weighted by molar-refractivity contribution is -0.136. The van der Waals surface area contributed by atoms with Crippen LogP contribution in [0.25, 0.3) is 0 Å². The van der Waals surface area contributed by atoms with Crippen molar-refractivity contribution in [2.24, 2.45) is 0 Å². The minimum Gasteiger partial charge on any atom is -0.387 e. The van der Waals surface area contributed by atoms with Gasteiger partial charge in [0.25, 0.3) is 0 Å². The van der Waals surface area contributed by atoms with E-state index in [4.69, 9.17) is 0 Å². The zero-order chi connectivity index (χ0) is 17.6. The molecule has 2 heterocycles. The second-order valence-corrected chi connectivity index (χ2v) is 7.44. The molecule has 3 rings (SSSR count). The topological polar surface area (TPSA) is 47.0 Å². The first-order valence-corrected chi connectivity index (χ1v) is 9.60. The minimum atomic E-state index is -0.441. The molecule has 1 aromatic rings. The number of aliphatic hydroxyl groups is 1. The van der Waals surface area contributed by atoms with Crippen LogP contribution in [0.15, 0.2) is 30.3 Å². The van der Waals surface area contributed by atoms with Crippen LogP contribution >= 0.6 is 0 Å². The van der Waals surface area contributed by atoms with Crippen LogP contribution in [0.2, 0.25) is 0 Å². The summed E-state index contributed by atoms with van der Waals surface area (Å²) in [4.78, 5) is 19.2. The lowest BCUT2D eigenvalue weighted by Crippen LogP contribution is -2.52. The number of amides is 1. The third kappa shape index (κ3) is 5.03. The molecule has 2 saturated heterocycles. The van der Waals surface area contributed by atoms with Gasteiger partial charge in [-0.2, -0.15) is 0 Å². The molecule has 2 fully saturated rings. The fourth-order valence-electron chi connectivity index (χ4n) is 3.91. The molecule has 2 aliphatic rings. The average Bonchev–Trinajstić information content (AvgIpc) is 2.64. The van der Waals surface area contributed by atoms with E-state index in [2.05, 4.69) is 21.6 Å². The van der Waals surface area contributed by atoms with E-state index < -0.39 is 6.10 Å². The number of hydrogen-bond donors (Lipinski definition) is 1. The molecule has 1 aromatic carbocycles. The predicted octanol–water partition coefficient (Wildman–Crippen LogP) is 1.74. The molecule has 0 radical (unpaired) electrons. The highest BCUT2D eigenvalue weighted by Crippen LogP contribution is 2.18. The van der Waals surface area contributed by atoms with Crippen LogP contribution in [-0.4, -0.2) is 77.6 Å². The SMILES string of the molecule is C[C@H]1CCCCN1C(=O)CN1CCN(C[C@@H](O)c2ccccc2)CC1. The first-order valence-electron chi connectivity index (χ1n) is 9.60. The number of likely N-dealkylation sites (tertiary alicyclic amines) is 1. The van der Waals surface area contributed by atoms with E-state index in [1.165, 1.54) is 6.42 Å². The maximum absolute atomic E-state index is 12.6. The van der Waals surface area contributed by atoms with Crippen molar-refractivity contribution < 1.29 is 9.90 Å². The number of piperidine rings is 1. The van der Waals surface area contributed by atoms with E-state index in [1.54, 1.807) is 0 Å². The number of carbonyl (C=O) groups is 1. The Morgan fingerprint density at radius 2 is 1.76 bits per heavy atom. The monoisotopic (exact) mass is 345 g/mol. The van der Waals surface area contributed by atoms with E-state index in [0.29, 0.717) is 19.1 Å². The standard InChI is InChI=1S/C20H31N3O2/c1-17-7-5-6-10-23(17)20(25)16-22-13-11-21(12-14-22)15-19(24)18-8-3-2-4-9-18/h2-4,8-9,17,19,24H,5-7,10-16H2,1H3/t17-,19+/m0/s1. The summed E-state index contributed by atoms with van der Waals surface area (Å²) in [5, 5.41) is 10.4. The summed E-state index contributed by atoms with van der Waals surface area (Å²) in [5.74, 6) is 0.282. The Morgan fingerprint density at radius 1 is 1.08 bits per heavy atom. The van der Waals surface area contributed by atoms with Crippen LogP contribution in [-0.2, 0) is 4.79 Å². The minimum absolute atomic E-state index is 0.282. The van der Waals surface area contributed by atoms with Crippen molar-refractivity contribution in [3.05, 3.63) is 35.9 Å². The summed E-state index contributed by atoms with van der Waals surface area (Å²) < 4.78 is 0. The molecular weight excluding hydrogens is 314 g/mol. The second kappa shape index (κ2) is 8.79. The van der Waals surface area contributed by atoms with Crippen LogP contribution in [0.4, 0.5) is 0 Å². The number of aliphatic hydroxyl groups excluding tert-OH is 1. The fourth-order valence-corrected chi connectivity index (χ4v) is 3.91. The van der Waals surface area contributed by atoms with Crippen LogP contribution in [0.5, 0.6) is 0 Å². The Balaban J connectivity index is 1.42. The highest BCUT2D eigenvalue weighted by atomic mass is 16.3. The van der Waals surface area contributed by atoms with Gasteiger partial charge < -0.3 is 10.0 Å². The number of piperazine rings is 1. The summed E-state index contributed by atoms with van der Waals surface area (Å²) >= 11 is 0. The fraction of sp³-hybridized carbons (Fsp3) is 0.650. The van der Waals surface area contributed by atoms with E-state index >= 15 is 0 Å². The van der Waals surface area contributed by atoms with Gasteiger partial charge in [0, 0.05) is 45.3 Å². The number of benzene rings is 1. The van der Waals surface area contributed by atoms with Crippen LogP contribution < -0.4 is 0 Å². The number of β-amino-alcohol motifs (C(OH)–C–C–N with tert-alkyl or cyclic N) is 1. The van der Waals surface area contributed by atoms with Gasteiger partial charge in [0.05, 0.1) is 12.6 Å². The second-order valence-electron chi connectivity index (χ2n) is 7.44. The van der Waals surface area contributed by atoms with Gasteiger partial charge >= 0.3 is 0 Å². The molecule has 5 nitrogen and oxygen atoms in total. The van der Waals surface area contributed by atoms with Crippen molar-refractivity contribution >= 4 is 5.91 Å².